The molecule has 2 aliphatic heterocycles. The van der Waals surface area contributed by atoms with Crippen LogP contribution in [0.4, 0.5) is 0 Å². The van der Waals surface area contributed by atoms with Crippen LogP contribution in [0, 0.1) is 12.3 Å². The first-order chi connectivity index (χ1) is 13.9. The molecular formula is C23H26N2O4. The maximum absolute atomic E-state index is 13.3. The van der Waals surface area contributed by atoms with Crippen LogP contribution in [0.1, 0.15) is 47.9 Å². The van der Waals surface area contributed by atoms with Gasteiger partial charge in [-0.25, -0.2) is 0 Å². The molecule has 1 aromatic carbocycles. The Balaban J connectivity index is 1.71. The van der Waals surface area contributed by atoms with E-state index in [9.17, 15) is 14.4 Å². The highest BCUT2D eigenvalue weighted by Crippen LogP contribution is 2.52. The molecule has 152 valence electrons. The van der Waals surface area contributed by atoms with Gasteiger partial charge >= 0.3 is 5.97 Å². The van der Waals surface area contributed by atoms with E-state index in [1.807, 2.05) is 42.2 Å². The molecule has 2 fully saturated rings. The molecule has 3 heterocycles. The summed E-state index contributed by atoms with van der Waals surface area (Å²) in [6.45, 7) is 3.88. The van der Waals surface area contributed by atoms with Crippen LogP contribution in [-0.4, -0.2) is 40.5 Å². The molecule has 1 amide bonds. The number of esters is 1. The summed E-state index contributed by atoms with van der Waals surface area (Å²) in [5.74, 6) is -0.441. The molecule has 0 radical (unpaired) electrons. The highest BCUT2D eigenvalue weighted by atomic mass is 16.5. The summed E-state index contributed by atoms with van der Waals surface area (Å²) in [4.78, 5) is 43.2. The van der Waals surface area contributed by atoms with Crippen molar-refractivity contribution in [3.05, 3.63) is 69.6 Å². The predicted octanol–water partition coefficient (Wildman–Crippen LogP) is 2.85. The lowest BCUT2D eigenvalue weighted by atomic mass is 9.70. The summed E-state index contributed by atoms with van der Waals surface area (Å²) in [7, 11) is 0. The minimum Gasteiger partial charge on any atom is -0.465 e. The largest absolute Gasteiger partial charge is 0.465 e. The summed E-state index contributed by atoms with van der Waals surface area (Å²) in [5, 5.41) is 0. The number of hydrogen-bond acceptors (Lipinski definition) is 4. The summed E-state index contributed by atoms with van der Waals surface area (Å²) in [6, 6.07) is 12.4. The van der Waals surface area contributed by atoms with Gasteiger partial charge in [-0.05, 0) is 45.1 Å². The first kappa shape index (κ1) is 19.4. The number of hydrogen-bond donors (Lipinski definition) is 1. The van der Waals surface area contributed by atoms with Crippen LogP contribution in [-0.2, 0) is 16.0 Å². The third-order valence-electron chi connectivity index (χ3n) is 6.23. The zero-order chi connectivity index (χ0) is 20.6. The molecule has 0 aliphatic carbocycles. The number of nitrogens with zero attached hydrogens (tertiary/aromatic N) is 1. The molecule has 2 saturated heterocycles. The minimum atomic E-state index is -0.750. The van der Waals surface area contributed by atoms with Gasteiger partial charge in [0.05, 0.1) is 12.0 Å². The number of carbonyl (C=O) groups is 2. The molecule has 0 unspecified atom stereocenters. The van der Waals surface area contributed by atoms with E-state index in [1.165, 1.54) is 12.1 Å². The monoisotopic (exact) mass is 394 g/mol. The molecule has 3 atom stereocenters. The summed E-state index contributed by atoms with van der Waals surface area (Å²) >= 11 is 0. The molecular weight excluding hydrogens is 368 g/mol. The number of H-pyrrole nitrogens is 1. The van der Waals surface area contributed by atoms with E-state index in [4.69, 9.17) is 4.74 Å². The van der Waals surface area contributed by atoms with Crippen LogP contribution >= 0.6 is 0 Å². The number of aromatic nitrogens is 1. The molecule has 2 aromatic rings. The van der Waals surface area contributed by atoms with Gasteiger partial charge < -0.3 is 14.6 Å². The Labute approximate surface area is 169 Å². The average molecular weight is 394 g/mol. The smallest absolute Gasteiger partial charge is 0.314 e. The van der Waals surface area contributed by atoms with E-state index >= 15 is 0 Å². The summed E-state index contributed by atoms with van der Waals surface area (Å²) in [5.41, 5.74) is 1.04. The van der Waals surface area contributed by atoms with Gasteiger partial charge in [-0.1, -0.05) is 30.3 Å². The maximum Gasteiger partial charge on any atom is 0.314 e. The van der Waals surface area contributed by atoms with Gasteiger partial charge in [-0.3, -0.25) is 14.4 Å². The van der Waals surface area contributed by atoms with Crippen LogP contribution in [0.15, 0.2) is 47.3 Å². The number of carbonyl (C=O) groups excluding carboxylic acids is 2. The van der Waals surface area contributed by atoms with Crippen molar-refractivity contribution in [2.75, 3.05) is 6.61 Å². The Hall–Kier alpha value is -2.89. The number of benzene rings is 1. The first-order valence-corrected chi connectivity index (χ1v) is 10.2. The molecule has 0 spiro atoms. The van der Waals surface area contributed by atoms with Crippen molar-refractivity contribution in [3.8, 4) is 0 Å². The van der Waals surface area contributed by atoms with E-state index in [-0.39, 0.29) is 35.1 Å². The number of pyridine rings is 1. The van der Waals surface area contributed by atoms with E-state index in [0.29, 0.717) is 25.1 Å². The molecule has 2 bridgehead atoms. The Bertz CT molecular complexity index is 984. The maximum atomic E-state index is 13.3. The normalized spacial score (nSPS) is 25.2. The van der Waals surface area contributed by atoms with Gasteiger partial charge in [0.15, 0.2) is 5.43 Å². The van der Waals surface area contributed by atoms with Crippen molar-refractivity contribution < 1.29 is 14.3 Å². The Morgan fingerprint density at radius 3 is 2.66 bits per heavy atom. The second-order valence-corrected chi connectivity index (χ2v) is 8.12. The fraction of sp³-hybridized carbons (Fsp3) is 0.435. The molecule has 6 heteroatoms. The van der Waals surface area contributed by atoms with E-state index in [2.05, 4.69) is 4.98 Å². The Morgan fingerprint density at radius 1 is 1.21 bits per heavy atom. The van der Waals surface area contributed by atoms with E-state index in [0.717, 1.165) is 18.4 Å². The topological polar surface area (TPSA) is 79.5 Å². The molecule has 4 rings (SSSR count). The number of fused-ring (bicyclic) bond motifs is 2. The number of aryl methyl sites for hydroxylation is 1. The summed E-state index contributed by atoms with van der Waals surface area (Å²) in [6.07, 6.45) is 2.76. The third kappa shape index (κ3) is 3.37. The van der Waals surface area contributed by atoms with Crippen LogP contribution in [0.25, 0.3) is 0 Å². The van der Waals surface area contributed by atoms with Crippen LogP contribution < -0.4 is 5.43 Å². The van der Waals surface area contributed by atoms with E-state index < -0.39 is 5.41 Å². The van der Waals surface area contributed by atoms with Crippen LogP contribution in [0.2, 0.25) is 0 Å². The van der Waals surface area contributed by atoms with Crippen molar-refractivity contribution >= 4 is 11.9 Å². The van der Waals surface area contributed by atoms with Gasteiger partial charge in [-0.15, -0.1) is 0 Å². The second-order valence-electron chi connectivity index (χ2n) is 8.12. The van der Waals surface area contributed by atoms with E-state index in [1.54, 1.807) is 6.92 Å². The molecule has 29 heavy (non-hydrogen) atoms. The quantitative estimate of drug-likeness (QED) is 0.791. The SMILES string of the molecule is CCOC(=O)[C@@]1(Cc2ccccc2)C[C@H]2CC[C@@H]1N2C(=O)c1cc(=O)cc(C)[nH]1. The fourth-order valence-corrected chi connectivity index (χ4v) is 5.14. The zero-order valence-corrected chi connectivity index (χ0v) is 16.8. The number of amides is 1. The standard InChI is InChI=1S/C23H26N2O4/c1-3-29-22(28)23(13-16-7-5-4-6-8-16)14-17-9-10-20(23)25(17)21(27)19-12-18(26)11-15(2)24-19/h4-8,11-12,17,20H,3,9-10,13-14H2,1-2H3,(H,24,26)/t17-,20+,23+/m1/s1. The number of aromatic amines is 1. The average Bonchev–Trinajstić information content (AvgIpc) is 3.24. The van der Waals surface area contributed by atoms with Gasteiger partial charge in [0, 0.05) is 29.9 Å². The lowest BCUT2D eigenvalue weighted by molar-refractivity contribution is -0.157. The lowest BCUT2D eigenvalue weighted by Gasteiger charge is -2.35. The minimum absolute atomic E-state index is 0.0235. The van der Waals surface area contributed by atoms with Gasteiger partial charge in [0.2, 0.25) is 0 Å². The third-order valence-corrected chi connectivity index (χ3v) is 6.23. The summed E-state index contributed by atoms with van der Waals surface area (Å²) < 4.78 is 5.49. The number of nitrogens with one attached hydrogen (secondary N) is 1. The molecule has 1 aromatic heterocycles. The fourth-order valence-electron chi connectivity index (χ4n) is 5.14. The second kappa shape index (κ2) is 7.50. The van der Waals surface area contributed by atoms with Gasteiger partial charge in [0.25, 0.3) is 5.91 Å². The van der Waals surface area contributed by atoms with Gasteiger partial charge in [-0.2, -0.15) is 0 Å². The molecule has 2 aliphatic rings. The van der Waals surface area contributed by atoms with Crippen molar-refractivity contribution in [3.63, 3.8) is 0 Å². The Kier molecular flexibility index (Phi) is 5.03. The van der Waals surface area contributed by atoms with Gasteiger partial charge in [0.1, 0.15) is 5.69 Å². The lowest BCUT2D eigenvalue weighted by Crippen LogP contribution is -2.47. The highest BCUT2D eigenvalue weighted by molar-refractivity contribution is 5.94. The van der Waals surface area contributed by atoms with Crippen LogP contribution in [0.3, 0.4) is 0 Å². The van der Waals surface area contributed by atoms with Crippen LogP contribution in [0.5, 0.6) is 0 Å². The Morgan fingerprint density at radius 2 is 1.97 bits per heavy atom. The van der Waals surface area contributed by atoms with Crippen molar-refractivity contribution in [2.45, 2.75) is 51.6 Å². The highest BCUT2D eigenvalue weighted by Gasteiger charge is 2.62. The molecule has 6 nitrogen and oxygen atoms in total. The molecule has 0 saturated carbocycles. The number of rotatable bonds is 5. The van der Waals surface area contributed by atoms with Crippen molar-refractivity contribution in [2.24, 2.45) is 5.41 Å². The van der Waals surface area contributed by atoms with Crippen molar-refractivity contribution in [1.82, 2.24) is 9.88 Å². The predicted molar refractivity (Wildman–Crippen MR) is 109 cm³/mol. The molecule has 1 N–H and O–H groups in total. The zero-order valence-electron chi connectivity index (χ0n) is 16.8. The first-order valence-electron chi connectivity index (χ1n) is 10.2. The van der Waals surface area contributed by atoms with Crippen molar-refractivity contribution in [1.29, 1.82) is 0 Å². The number of ether oxygens (including phenoxy) is 1.